The molecule has 0 rings (SSSR count). The summed E-state index contributed by atoms with van der Waals surface area (Å²) in [6, 6.07) is 0. The molecule has 0 aliphatic rings. The fourth-order valence-corrected chi connectivity index (χ4v) is 1.24. The van der Waals surface area contributed by atoms with E-state index in [-0.39, 0.29) is 0 Å². The normalized spacial score (nSPS) is 15.0. The van der Waals surface area contributed by atoms with Crippen molar-refractivity contribution >= 4 is 17.9 Å². The second kappa shape index (κ2) is 5.59. The van der Waals surface area contributed by atoms with Gasteiger partial charge in [0.1, 0.15) is 0 Å². The Kier molecular flexibility index (Phi) is 5.05. The molecule has 0 aromatic carbocycles. The number of hydrogen-bond donors (Lipinski definition) is 0. The Morgan fingerprint density at radius 2 is 1.00 bits per heavy atom. The third kappa shape index (κ3) is 2.27. The van der Waals surface area contributed by atoms with Crippen molar-refractivity contribution in [2.45, 2.75) is 17.5 Å². The summed E-state index contributed by atoms with van der Waals surface area (Å²) < 4.78 is 77.1. The summed E-state index contributed by atoms with van der Waals surface area (Å²) in [4.78, 5) is 33.2. The highest BCUT2D eigenvalue weighted by Gasteiger charge is 2.83. The monoisotopic (exact) mass is 308 g/mol. The first-order valence-electron chi connectivity index (χ1n) is 4.64. The Hall–Kier alpha value is -1.94. The number of methoxy groups -OCH3 is 3. The molecule has 0 saturated heterocycles. The maximum Gasteiger partial charge on any atom is 0.438 e. The number of carbonyl (C=O) groups is 3. The highest BCUT2D eigenvalue weighted by atomic mass is 19.4. The molecule has 0 heterocycles. The molecule has 0 radical (unpaired) electrons. The zero-order valence-corrected chi connectivity index (χ0v) is 10.3. The summed E-state index contributed by atoms with van der Waals surface area (Å²) >= 11 is 0. The third-order valence-electron chi connectivity index (χ3n) is 2.27. The molecule has 0 aliphatic heterocycles. The molecular formula is C9H9F5O6. The van der Waals surface area contributed by atoms with Gasteiger partial charge in [0.2, 0.25) is 0 Å². The van der Waals surface area contributed by atoms with Gasteiger partial charge in [-0.05, 0) is 0 Å². The molecule has 20 heavy (non-hydrogen) atoms. The van der Waals surface area contributed by atoms with Crippen LogP contribution in [0, 0.1) is 0 Å². The van der Waals surface area contributed by atoms with Gasteiger partial charge in [-0.25, -0.2) is 23.2 Å². The van der Waals surface area contributed by atoms with Gasteiger partial charge in [-0.1, -0.05) is 0 Å². The maximum absolute atomic E-state index is 14.2. The number of halogens is 5. The molecule has 1 atom stereocenters. The van der Waals surface area contributed by atoms with Crippen molar-refractivity contribution in [1.82, 2.24) is 0 Å². The minimum atomic E-state index is -6.29. The van der Waals surface area contributed by atoms with Crippen LogP contribution >= 0.6 is 0 Å². The minimum Gasteiger partial charge on any atom is -0.466 e. The van der Waals surface area contributed by atoms with Gasteiger partial charge in [0.25, 0.3) is 0 Å². The molecule has 0 aliphatic carbocycles. The SMILES string of the molecule is COC(=O)C(F)(C(=O)OC)C(F)(C(=O)OC)C(F)(F)F. The average molecular weight is 308 g/mol. The van der Waals surface area contributed by atoms with Crippen molar-refractivity contribution in [2.75, 3.05) is 21.3 Å². The fourth-order valence-electron chi connectivity index (χ4n) is 1.24. The zero-order valence-electron chi connectivity index (χ0n) is 10.3. The molecule has 6 nitrogen and oxygen atoms in total. The van der Waals surface area contributed by atoms with Gasteiger partial charge in [-0.2, -0.15) is 13.2 Å². The van der Waals surface area contributed by atoms with E-state index in [0.29, 0.717) is 21.3 Å². The maximum atomic E-state index is 14.2. The van der Waals surface area contributed by atoms with Gasteiger partial charge < -0.3 is 14.2 Å². The Labute approximate surface area is 108 Å². The molecule has 1 unspecified atom stereocenters. The third-order valence-corrected chi connectivity index (χ3v) is 2.27. The van der Waals surface area contributed by atoms with Crippen LogP contribution in [0.4, 0.5) is 22.0 Å². The lowest BCUT2D eigenvalue weighted by Crippen LogP contribution is -2.70. The van der Waals surface area contributed by atoms with E-state index in [4.69, 9.17) is 0 Å². The molecule has 0 aromatic rings. The molecule has 0 fully saturated rings. The second-order valence-corrected chi connectivity index (χ2v) is 3.29. The van der Waals surface area contributed by atoms with Gasteiger partial charge in [0.15, 0.2) is 0 Å². The van der Waals surface area contributed by atoms with Crippen LogP contribution in [0.2, 0.25) is 0 Å². The summed E-state index contributed by atoms with van der Waals surface area (Å²) in [5.41, 5.74) is -10.7. The van der Waals surface area contributed by atoms with Crippen molar-refractivity contribution in [2.24, 2.45) is 0 Å². The number of alkyl halides is 5. The van der Waals surface area contributed by atoms with Crippen LogP contribution in [-0.4, -0.2) is 56.8 Å². The van der Waals surface area contributed by atoms with Crippen molar-refractivity contribution in [3.05, 3.63) is 0 Å². The molecule has 0 saturated carbocycles. The van der Waals surface area contributed by atoms with E-state index in [9.17, 15) is 36.3 Å². The number of ether oxygens (including phenoxy) is 3. The number of rotatable bonds is 4. The van der Waals surface area contributed by atoms with Crippen LogP contribution < -0.4 is 0 Å². The van der Waals surface area contributed by atoms with Crippen molar-refractivity contribution < 1.29 is 50.5 Å². The van der Waals surface area contributed by atoms with E-state index in [0.717, 1.165) is 0 Å². The van der Waals surface area contributed by atoms with Crippen LogP contribution in [-0.2, 0) is 28.6 Å². The summed E-state index contributed by atoms with van der Waals surface area (Å²) in [7, 11) is 1.07. The summed E-state index contributed by atoms with van der Waals surface area (Å²) in [6.45, 7) is 0. The van der Waals surface area contributed by atoms with Crippen LogP contribution in [0.1, 0.15) is 0 Å². The molecule has 0 amide bonds. The van der Waals surface area contributed by atoms with Gasteiger partial charge in [-0.3, -0.25) is 0 Å². The topological polar surface area (TPSA) is 78.9 Å². The Morgan fingerprint density at radius 1 is 0.700 bits per heavy atom. The largest absolute Gasteiger partial charge is 0.466 e. The molecular weight excluding hydrogens is 299 g/mol. The van der Waals surface area contributed by atoms with Crippen LogP contribution in [0.25, 0.3) is 0 Å². The Balaban J connectivity index is 6.41. The van der Waals surface area contributed by atoms with E-state index in [1.165, 1.54) is 0 Å². The van der Waals surface area contributed by atoms with E-state index in [2.05, 4.69) is 14.2 Å². The van der Waals surface area contributed by atoms with Crippen LogP contribution in [0.15, 0.2) is 0 Å². The first kappa shape index (κ1) is 18.1. The quantitative estimate of drug-likeness (QED) is 0.325. The predicted octanol–water partition coefficient (Wildman–Crippen LogP) is 0.484. The van der Waals surface area contributed by atoms with E-state index < -0.39 is 35.4 Å². The van der Waals surface area contributed by atoms with Crippen LogP contribution in [0.5, 0.6) is 0 Å². The molecule has 0 aromatic heterocycles. The van der Waals surface area contributed by atoms with Crippen molar-refractivity contribution in [3.63, 3.8) is 0 Å². The van der Waals surface area contributed by atoms with E-state index >= 15 is 0 Å². The Bertz CT molecular complexity index is 404. The summed E-state index contributed by atoms with van der Waals surface area (Å²) in [5.74, 6) is -8.05. The van der Waals surface area contributed by atoms with Crippen LogP contribution in [0.3, 0.4) is 0 Å². The van der Waals surface area contributed by atoms with Crippen molar-refractivity contribution in [3.8, 4) is 0 Å². The first-order valence-corrected chi connectivity index (χ1v) is 4.64. The fraction of sp³-hybridized carbons (Fsp3) is 0.667. The van der Waals surface area contributed by atoms with Gasteiger partial charge in [-0.15, -0.1) is 0 Å². The van der Waals surface area contributed by atoms with Crippen molar-refractivity contribution in [1.29, 1.82) is 0 Å². The molecule has 11 heteroatoms. The highest BCUT2D eigenvalue weighted by Crippen LogP contribution is 2.46. The molecule has 0 N–H and O–H groups in total. The summed E-state index contributed by atoms with van der Waals surface area (Å²) in [5, 5.41) is 0. The average Bonchev–Trinajstić information content (AvgIpc) is 2.40. The minimum absolute atomic E-state index is 0.303. The lowest BCUT2D eigenvalue weighted by atomic mass is 9.85. The zero-order chi connectivity index (χ0) is 16.4. The molecule has 0 bridgehead atoms. The Morgan fingerprint density at radius 3 is 1.20 bits per heavy atom. The molecule has 116 valence electrons. The second-order valence-electron chi connectivity index (χ2n) is 3.29. The standard InChI is InChI=1S/C9H9F5O6/c1-18-4(15)7(10,5(16)19-2)8(11,6(17)20-3)9(12,13)14/h1-3H3. The predicted molar refractivity (Wildman–Crippen MR) is 49.8 cm³/mol. The highest BCUT2D eigenvalue weighted by molar-refractivity contribution is 6.10. The number of carbonyl (C=O) groups excluding carboxylic acids is 3. The molecule has 0 spiro atoms. The lowest BCUT2D eigenvalue weighted by Gasteiger charge is -2.33. The number of esters is 3. The van der Waals surface area contributed by atoms with E-state index in [1.807, 2.05) is 0 Å². The van der Waals surface area contributed by atoms with Gasteiger partial charge in [0.05, 0.1) is 21.3 Å². The van der Waals surface area contributed by atoms with Gasteiger partial charge in [0, 0.05) is 0 Å². The lowest BCUT2D eigenvalue weighted by molar-refractivity contribution is -0.273. The van der Waals surface area contributed by atoms with Gasteiger partial charge >= 0.3 is 35.4 Å². The summed E-state index contributed by atoms with van der Waals surface area (Å²) in [6.07, 6.45) is -6.29. The smallest absolute Gasteiger partial charge is 0.438 e. The number of hydrogen-bond acceptors (Lipinski definition) is 6. The first-order chi connectivity index (χ1) is 8.94. The van der Waals surface area contributed by atoms with E-state index in [1.54, 1.807) is 0 Å².